The predicted octanol–water partition coefficient (Wildman–Crippen LogP) is 5.39. The number of aliphatic hydroxyl groups excluding tert-OH is 1. The molecule has 0 heterocycles. The van der Waals surface area contributed by atoms with Crippen molar-refractivity contribution in [3.63, 3.8) is 0 Å². The first kappa shape index (κ1) is 20.9. The number of nitrogens with zero attached hydrogens (tertiary/aromatic N) is 1. The average Bonchev–Trinajstić information content (AvgIpc) is 2.49. The summed E-state index contributed by atoms with van der Waals surface area (Å²) in [6.45, 7) is 9.80. The van der Waals surface area contributed by atoms with Gasteiger partial charge in [0.05, 0.1) is 6.10 Å². The summed E-state index contributed by atoms with van der Waals surface area (Å²) < 4.78 is 0. The molecule has 0 radical (unpaired) electrons. The summed E-state index contributed by atoms with van der Waals surface area (Å²) in [5.41, 5.74) is 0. The molecule has 0 fully saturated rings. The summed E-state index contributed by atoms with van der Waals surface area (Å²) in [5, 5.41) is 10.1. The molecule has 1 atom stereocenters. The quantitative estimate of drug-likeness (QED) is 0.386. The van der Waals surface area contributed by atoms with Crippen LogP contribution in [0.4, 0.5) is 0 Å². The van der Waals surface area contributed by atoms with Crippen LogP contribution in [0.25, 0.3) is 0 Å². The first-order valence-corrected chi connectivity index (χ1v) is 9.64. The van der Waals surface area contributed by atoms with Gasteiger partial charge in [-0.1, -0.05) is 85.0 Å². The summed E-state index contributed by atoms with van der Waals surface area (Å²) in [6, 6.07) is 0. The zero-order chi connectivity index (χ0) is 15.8. The Morgan fingerprint density at radius 2 is 1.24 bits per heavy atom. The Balaban J connectivity index is 3.44. The Morgan fingerprint density at radius 3 is 1.81 bits per heavy atom. The van der Waals surface area contributed by atoms with E-state index in [0.29, 0.717) is 0 Å². The van der Waals surface area contributed by atoms with E-state index in [4.69, 9.17) is 0 Å². The maximum absolute atomic E-state index is 10.1. The molecule has 0 aromatic rings. The molecule has 0 rings (SSSR count). The number of aliphatic hydroxyl groups is 1. The van der Waals surface area contributed by atoms with E-state index >= 15 is 0 Å². The van der Waals surface area contributed by atoms with Gasteiger partial charge < -0.3 is 10.0 Å². The molecule has 128 valence electrons. The molecule has 0 aliphatic rings. The summed E-state index contributed by atoms with van der Waals surface area (Å²) in [6.07, 6.45) is 15.5. The lowest BCUT2D eigenvalue weighted by Gasteiger charge is -2.23. The molecule has 0 aromatic carbocycles. The van der Waals surface area contributed by atoms with E-state index in [1.165, 1.54) is 70.6 Å². The first-order valence-electron chi connectivity index (χ1n) is 9.64. The number of likely N-dealkylation sites (N-methyl/N-ethyl adjacent to an activating group) is 1. The third-order valence-corrected chi connectivity index (χ3v) is 4.38. The molecule has 0 saturated carbocycles. The van der Waals surface area contributed by atoms with Crippen LogP contribution in [0.2, 0.25) is 0 Å². The van der Waals surface area contributed by atoms with Crippen LogP contribution in [0.5, 0.6) is 0 Å². The lowest BCUT2D eigenvalue weighted by Crippen LogP contribution is -2.33. The maximum Gasteiger partial charge on any atom is 0.0667 e. The van der Waals surface area contributed by atoms with Gasteiger partial charge in [-0.05, 0) is 25.9 Å². The van der Waals surface area contributed by atoms with Gasteiger partial charge in [0.1, 0.15) is 0 Å². The maximum atomic E-state index is 10.1. The highest BCUT2D eigenvalue weighted by Crippen LogP contribution is 2.11. The minimum atomic E-state index is -0.119. The second-order valence-corrected chi connectivity index (χ2v) is 6.52. The van der Waals surface area contributed by atoms with Crippen LogP contribution in [-0.4, -0.2) is 35.7 Å². The SMILES string of the molecule is CCCCCCCCCCC(O)CN(CC)CCCCC. The Morgan fingerprint density at radius 1 is 0.714 bits per heavy atom. The summed E-state index contributed by atoms with van der Waals surface area (Å²) in [7, 11) is 0. The third kappa shape index (κ3) is 14.6. The molecular formula is C19H41NO. The van der Waals surface area contributed by atoms with E-state index < -0.39 is 0 Å². The van der Waals surface area contributed by atoms with Crippen LogP contribution in [0.15, 0.2) is 0 Å². The van der Waals surface area contributed by atoms with Crippen molar-refractivity contribution in [3.05, 3.63) is 0 Å². The van der Waals surface area contributed by atoms with E-state index in [-0.39, 0.29) is 6.10 Å². The van der Waals surface area contributed by atoms with Crippen LogP contribution in [-0.2, 0) is 0 Å². The molecule has 2 heteroatoms. The molecule has 0 bridgehead atoms. The molecule has 0 aliphatic heterocycles. The van der Waals surface area contributed by atoms with Gasteiger partial charge in [-0.25, -0.2) is 0 Å². The zero-order valence-corrected chi connectivity index (χ0v) is 15.1. The Labute approximate surface area is 134 Å². The van der Waals surface area contributed by atoms with Crippen LogP contribution < -0.4 is 0 Å². The molecule has 1 N–H and O–H groups in total. The van der Waals surface area contributed by atoms with Crippen molar-refractivity contribution in [1.82, 2.24) is 4.90 Å². The Hall–Kier alpha value is -0.0800. The van der Waals surface area contributed by atoms with Gasteiger partial charge in [0.15, 0.2) is 0 Å². The van der Waals surface area contributed by atoms with Crippen molar-refractivity contribution >= 4 is 0 Å². The van der Waals surface area contributed by atoms with E-state index in [0.717, 1.165) is 26.1 Å². The third-order valence-electron chi connectivity index (χ3n) is 4.38. The molecule has 0 aromatic heterocycles. The minimum Gasteiger partial charge on any atom is -0.392 e. The number of rotatable bonds is 16. The number of unbranched alkanes of at least 4 members (excludes halogenated alkanes) is 9. The molecule has 2 nitrogen and oxygen atoms in total. The van der Waals surface area contributed by atoms with Gasteiger partial charge in [0.25, 0.3) is 0 Å². The standard InChI is InChI=1S/C19H41NO/c1-4-7-9-10-11-12-13-14-16-19(21)18-20(6-3)17-15-8-5-2/h19,21H,4-18H2,1-3H3. The van der Waals surface area contributed by atoms with Gasteiger partial charge in [0.2, 0.25) is 0 Å². The molecular weight excluding hydrogens is 258 g/mol. The van der Waals surface area contributed by atoms with Crippen LogP contribution in [0.1, 0.15) is 97.8 Å². The van der Waals surface area contributed by atoms with Crippen LogP contribution in [0.3, 0.4) is 0 Å². The molecule has 0 amide bonds. The molecule has 0 spiro atoms. The molecule has 0 aliphatic carbocycles. The van der Waals surface area contributed by atoms with Crippen molar-refractivity contribution in [1.29, 1.82) is 0 Å². The molecule has 0 saturated heterocycles. The summed E-state index contributed by atoms with van der Waals surface area (Å²) in [4.78, 5) is 2.41. The first-order chi connectivity index (χ1) is 10.2. The fourth-order valence-electron chi connectivity index (χ4n) is 2.87. The number of hydrogen-bond acceptors (Lipinski definition) is 2. The van der Waals surface area contributed by atoms with Gasteiger partial charge in [0, 0.05) is 6.54 Å². The second kappa shape index (κ2) is 16.3. The van der Waals surface area contributed by atoms with Crippen molar-refractivity contribution < 1.29 is 5.11 Å². The van der Waals surface area contributed by atoms with Crippen LogP contribution >= 0.6 is 0 Å². The summed E-state index contributed by atoms with van der Waals surface area (Å²) in [5.74, 6) is 0. The van der Waals surface area contributed by atoms with Crippen molar-refractivity contribution in [2.24, 2.45) is 0 Å². The number of hydrogen-bond donors (Lipinski definition) is 1. The topological polar surface area (TPSA) is 23.5 Å². The van der Waals surface area contributed by atoms with E-state index in [1.807, 2.05) is 0 Å². The highest BCUT2D eigenvalue weighted by molar-refractivity contribution is 4.64. The summed E-state index contributed by atoms with van der Waals surface area (Å²) >= 11 is 0. The smallest absolute Gasteiger partial charge is 0.0667 e. The Bertz CT molecular complexity index is 196. The minimum absolute atomic E-state index is 0.119. The highest BCUT2D eigenvalue weighted by atomic mass is 16.3. The molecule has 21 heavy (non-hydrogen) atoms. The van der Waals surface area contributed by atoms with Gasteiger partial charge in [-0.2, -0.15) is 0 Å². The largest absolute Gasteiger partial charge is 0.392 e. The van der Waals surface area contributed by atoms with E-state index in [9.17, 15) is 5.11 Å². The fourth-order valence-corrected chi connectivity index (χ4v) is 2.87. The molecule has 1 unspecified atom stereocenters. The average molecular weight is 300 g/mol. The van der Waals surface area contributed by atoms with E-state index in [1.54, 1.807) is 0 Å². The predicted molar refractivity (Wildman–Crippen MR) is 94.9 cm³/mol. The van der Waals surface area contributed by atoms with Crippen LogP contribution in [0, 0.1) is 0 Å². The lowest BCUT2D eigenvalue weighted by atomic mass is 10.1. The van der Waals surface area contributed by atoms with Crippen molar-refractivity contribution in [2.75, 3.05) is 19.6 Å². The van der Waals surface area contributed by atoms with E-state index in [2.05, 4.69) is 25.7 Å². The van der Waals surface area contributed by atoms with Crippen molar-refractivity contribution in [3.8, 4) is 0 Å². The second-order valence-electron chi connectivity index (χ2n) is 6.52. The van der Waals surface area contributed by atoms with Gasteiger partial charge in [-0.3, -0.25) is 0 Å². The van der Waals surface area contributed by atoms with Gasteiger partial charge >= 0.3 is 0 Å². The van der Waals surface area contributed by atoms with Crippen molar-refractivity contribution in [2.45, 2.75) is 104 Å². The zero-order valence-electron chi connectivity index (χ0n) is 15.1. The lowest BCUT2D eigenvalue weighted by molar-refractivity contribution is 0.104. The highest BCUT2D eigenvalue weighted by Gasteiger charge is 2.09. The normalized spacial score (nSPS) is 13.0. The van der Waals surface area contributed by atoms with Gasteiger partial charge in [-0.15, -0.1) is 0 Å². The Kier molecular flexibility index (Phi) is 16.2. The monoisotopic (exact) mass is 299 g/mol. The fraction of sp³-hybridized carbons (Fsp3) is 1.00.